The van der Waals surface area contributed by atoms with Gasteiger partial charge in [-0.05, 0) is 38.0 Å². The van der Waals surface area contributed by atoms with Gasteiger partial charge < -0.3 is 10.0 Å². The molecule has 1 aliphatic heterocycles. The molecule has 126 valence electrons. The highest BCUT2D eigenvalue weighted by Gasteiger charge is 2.27. The lowest BCUT2D eigenvalue weighted by Crippen LogP contribution is -2.40. The minimum atomic E-state index is -0.775. The summed E-state index contributed by atoms with van der Waals surface area (Å²) in [7, 11) is 0. The largest absolute Gasteiger partial charge is 0.481 e. The molecule has 0 bridgehead atoms. The quantitative estimate of drug-likeness (QED) is 0.902. The van der Waals surface area contributed by atoms with Crippen molar-refractivity contribution in [1.29, 1.82) is 0 Å². The molecule has 1 aliphatic rings. The lowest BCUT2D eigenvalue weighted by molar-refractivity contribution is -0.137. The summed E-state index contributed by atoms with van der Waals surface area (Å²) in [5.74, 6) is 0.278. The van der Waals surface area contributed by atoms with Gasteiger partial charge in [0.25, 0.3) is 5.91 Å². The Morgan fingerprint density at radius 2 is 2.17 bits per heavy atom. The van der Waals surface area contributed by atoms with E-state index in [1.165, 1.54) is 0 Å². The zero-order chi connectivity index (χ0) is 17.0. The lowest BCUT2D eigenvalue weighted by Gasteiger charge is -2.33. The van der Waals surface area contributed by atoms with Crippen LogP contribution >= 0.6 is 0 Å². The van der Waals surface area contributed by atoms with Gasteiger partial charge in [-0.2, -0.15) is 0 Å². The van der Waals surface area contributed by atoms with Crippen molar-refractivity contribution in [3.05, 3.63) is 23.3 Å². The zero-order valence-electron chi connectivity index (χ0n) is 14.1. The van der Waals surface area contributed by atoms with E-state index in [1.807, 2.05) is 25.7 Å². The van der Waals surface area contributed by atoms with Crippen LogP contribution < -0.4 is 0 Å². The molecule has 0 unspecified atom stereocenters. The topological polar surface area (TPSA) is 83.4 Å². The van der Waals surface area contributed by atoms with Crippen LogP contribution in [0.2, 0.25) is 0 Å². The maximum atomic E-state index is 12.8. The van der Waals surface area contributed by atoms with Gasteiger partial charge in [-0.15, -0.1) is 0 Å². The maximum Gasteiger partial charge on any atom is 0.303 e. The Bertz CT molecular complexity index is 586. The van der Waals surface area contributed by atoms with E-state index in [1.54, 1.807) is 6.20 Å². The molecule has 1 saturated heterocycles. The third-order valence-corrected chi connectivity index (χ3v) is 4.29. The van der Waals surface area contributed by atoms with Crippen molar-refractivity contribution >= 4 is 11.9 Å². The molecule has 2 heterocycles. The van der Waals surface area contributed by atoms with Gasteiger partial charge in [-0.25, -0.2) is 9.97 Å². The average Bonchev–Trinajstić information content (AvgIpc) is 2.52. The summed E-state index contributed by atoms with van der Waals surface area (Å²) in [4.78, 5) is 34.0. The van der Waals surface area contributed by atoms with Crippen LogP contribution in [0.4, 0.5) is 0 Å². The SMILES string of the molecule is Cc1ncc(C(=O)N2CCC[C@@H](CCC(=O)O)C2)c(C(C)C)n1. The molecule has 23 heavy (non-hydrogen) atoms. The fourth-order valence-corrected chi connectivity index (χ4v) is 3.08. The number of carboxylic acids is 1. The van der Waals surface area contributed by atoms with Crippen molar-refractivity contribution in [2.75, 3.05) is 13.1 Å². The third kappa shape index (κ3) is 4.50. The highest BCUT2D eigenvalue weighted by atomic mass is 16.4. The Balaban J connectivity index is 2.12. The van der Waals surface area contributed by atoms with Crippen molar-refractivity contribution in [2.45, 2.75) is 52.4 Å². The van der Waals surface area contributed by atoms with Crippen molar-refractivity contribution in [3.63, 3.8) is 0 Å². The van der Waals surface area contributed by atoms with Gasteiger partial charge in [0, 0.05) is 25.7 Å². The summed E-state index contributed by atoms with van der Waals surface area (Å²) in [5, 5.41) is 8.82. The van der Waals surface area contributed by atoms with Gasteiger partial charge in [0.05, 0.1) is 11.3 Å². The number of aromatic nitrogens is 2. The van der Waals surface area contributed by atoms with Crippen LogP contribution in [0, 0.1) is 12.8 Å². The lowest BCUT2D eigenvalue weighted by atomic mass is 9.92. The Labute approximate surface area is 136 Å². The fraction of sp³-hybridized carbons (Fsp3) is 0.647. The Kier molecular flexibility index (Phi) is 5.69. The average molecular weight is 319 g/mol. The van der Waals surface area contributed by atoms with E-state index in [9.17, 15) is 9.59 Å². The van der Waals surface area contributed by atoms with Crippen molar-refractivity contribution < 1.29 is 14.7 Å². The van der Waals surface area contributed by atoms with Crippen LogP contribution in [0.1, 0.15) is 67.3 Å². The zero-order valence-corrected chi connectivity index (χ0v) is 14.1. The standard InChI is InChI=1S/C17H25N3O3/c1-11(2)16-14(9-18-12(3)19-16)17(23)20-8-4-5-13(10-20)6-7-15(21)22/h9,11,13H,4-8,10H2,1-3H3,(H,21,22)/t13-/m0/s1. The van der Waals surface area contributed by atoms with E-state index < -0.39 is 5.97 Å². The number of nitrogens with zero attached hydrogens (tertiary/aromatic N) is 3. The molecule has 2 rings (SSSR count). The van der Waals surface area contributed by atoms with E-state index in [4.69, 9.17) is 5.11 Å². The molecule has 1 aromatic heterocycles. The number of piperidine rings is 1. The predicted molar refractivity (Wildman–Crippen MR) is 86.4 cm³/mol. The number of amides is 1. The van der Waals surface area contributed by atoms with E-state index in [0.29, 0.717) is 30.9 Å². The van der Waals surface area contributed by atoms with E-state index in [2.05, 4.69) is 9.97 Å². The molecule has 0 saturated carbocycles. The highest BCUT2D eigenvalue weighted by Crippen LogP contribution is 2.24. The Morgan fingerprint density at radius 3 is 2.83 bits per heavy atom. The minimum absolute atomic E-state index is 0.0336. The molecule has 6 nitrogen and oxygen atoms in total. The fourth-order valence-electron chi connectivity index (χ4n) is 3.08. The van der Waals surface area contributed by atoms with Crippen molar-refractivity contribution in [1.82, 2.24) is 14.9 Å². The normalized spacial score (nSPS) is 18.3. The number of carbonyl (C=O) groups is 2. The second-order valence-corrected chi connectivity index (χ2v) is 6.56. The molecule has 1 amide bonds. The number of likely N-dealkylation sites (tertiary alicyclic amines) is 1. The summed E-state index contributed by atoms with van der Waals surface area (Å²) < 4.78 is 0. The molecule has 1 atom stereocenters. The van der Waals surface area contributed by atoms with E-state index in [0.717, 1.165) is 18.5 Å². The first-order chi connectivity index (χ1) is 10.9. The summed E-state index contributed by atoms with van der Waals surface area (Å²) in [6.07, 6.45) is 4.32. The van der Waals surface area contributed by atoms with Crippen LogP contribution in [0.3, 0.4) is 0 Å². The summed E-state index contributed by atoms with van der Waals surface area (Å²) >= 11 is 0. The number of hydrogen-bond donors (Lipinski definition) is 1. The molecule has 1 N–H and O–H groups in total. The predicted octanol–water partition coefficient (Wildman–Crippen LogP) is 2.63. The number of carbonyl (C=O) groups excluding carboxylic acids is 1. The number of aliphatic carboxylic acids is 1. The number of rotatable bonds is 5. The Morgan fingerprint density at radius 1 is 1.43 bits per heavy atom. The van der Waals surface area contributed by atoms with Gasteiger partial charge in [-0.1, -0.05) is 13.8 Å². The van der Waals surface area contributed by atoms with E-state index >= 15 is 0 Å². The van der Waals surface area contributed by atoms with Gasteiger partial charge in [0.2, 0.25) is 0 Å². The van der Waals surface area contributed by atoms with Crippen LogP contribution in [0.15, 0.2) is 6.20 Å². The van der Waals surface area contributed by atoms with Crippen LogP contribution in [0.25, 0.3) is 0 Å². The number of aryl methyl sites for hydroxylation is 1. The van der Waals surface area contributed by atoms with Gasteiger partial charge in [-0.3, -0.25) is 9.59 Å². The summed E-state index contributed by atoms with van der Waals surface area (Å²) in [5.41, 5.74) is 1.36. The highest BCUT2D eigenvalue weighted by molar-refractivity contribution is 5.95. The molecule has 1 aromatic rings. The summed E-state index contributed by atoms with van der Waals surface area (Å²) in [6, 6.07) is 0. The van der Waals surface area contributed by atoms with Crippen LogP contribution in [-0.4, -0.2) is 44.9 Å². The number of carboxylic acid groups (broad SMARTS) is 1. The second-order valence-electron chi connectivity index (χ2n) is 6.56. The second kappa shape index (κ2) is 7.53. The monoisotopic (exact) mass is 319 g/mol. The van der Waals surface area contributed by atoms with Crippen molar-refractivity contribution in [2.24, 2.45) is 5.92 Å². The molecular weight excluding hydrogens is 294 g/mol. The first-order valence-electron chi connectivity index (χ1n) is 8.23. The molecule has 6 heteroatoms. The molecular formula is C17H25N3O3. The smallest absolute Gasteiger partial charge is 0.303 e. The first-order valence-corrected chi connectivity index (χ1v) is 8.23. The number of hydrogen-bond acceptors (Lipinski definition) is 4. The van der Waals surface area contributed by atoms with Gasteiger partial charge >= 0.3 is 5.97 Å². The third-order valence-electron chi connectivity index (χ3n) is 4.29. The van der Waals surface area contributed by atoms with Gasteiger partial charge in [0.1, 0.15) is 5.82 Å². The van der Waals surface area contributed by atoms with Crippen LogP contribution in [0.5, 0.6) is 0 Å². The summed E-state index contributed by atoms with van der Waals surface area (Å²) in [6.45, 7) is 7.20. The minimum Gasteiger partial charge on any atom is -0.481 e. The van der Waals surface area contributed by atoms with Crippen molar-refractivity contribution in [3.8, 4) is 0 Å². The van der Waals surface area contributed by atoms with Gasteiger partial charge in [0.15, 0.2) is 0 Å². The molecule has 0 aromatic carbocycles. The maximum absolute atomic E-state index is 12.8. The van der Waals surface area contributed by atoms with E-state index in [-0.39, 0.29) is 24.2 Å². The molecule has 0 aliphatic carbocycles. The first kappa shape index (κ1) is 17.4. The van der Waals surface area contributed by atoms with Crippen LogP contribution in [-0.2, 0) is 4.79 Å². The molecule has 0 radical (unpaired) electrons. The molecule has 1 fully saturated rings. The molecule has 0 spiro atoms. The Hall–Kier alpha value is -1.98.